The van der Waals surface area contributed by atoms with E-state index >= 15 is 0 Å². The summed E-state index contributed by atoms with van der Waals surface area (Å²) in [6.45, 7) is 0.505. The van der Waals surface area contributed by atoms with Gasteiger partial charge in [-0.15, -0.1) is 0 Å². The SMILES string of the molecule is CN(C)C(c1nc(-c2ccccc2OCc2ccccc2)no1)C1CC1. The summed E-state index contributed by atoms with van der Waals surface area (Å²) in [5, 5.41) is 4.22. The van der Waals surface area contributed by atoms with E-state index in [0.29, 0.717) is 24.2 Å². The van der Waals surface area contributed by atoms with Crippen LogP contribution in [-0.4, -0.2) is 29.1 Å². The lowest BCUT2D eigenvalue weighted by atomic mass is 10.1. The lowest BCUT2D eigenvalue weighted by Gasteiger charge is -2.19. The highest BCUT2D eigenvalue weighted by atomic mass is 16.5. The van der Waals surface area contributed by atoms with Crippen LogP contribution < -0.4 is 4.74 Å². The molecule has 1 aliphatic rings. The maximum absolute atomic E-state index is 6.02. The zero-order valence-corrected chi connectivity index (χ0v) is 15.1. The van der Waals surface area contributed by atoms with Gasteiger partial charge in [-0.1, -0.05) is 47.6 Å². The molecule has 0 saturated heterocycles. The van der Waals surface area contributed by atoms with Gasteiger partial charge in [-0.05, 0) is 50.6 Å². The van der Waals surface area contributed by atoms with Gasteiger partial charge in [0.2, 0.25) is 11.7 Å². The van der Waals surface area contributed by atoms with E-state index < -0.39 is 0 Å². The van der Waals surface area contributed by atoms with E-state index in [4.69, 9.17) is 9.26 Å². The summed E-state index contributed by atoms with van der Waals surface area (Å²) in [6.07, 6.45) is 2.44. The summed E-state index contributed by atoms with van der Waals surface area (Å²) in [4.78, 5) is 6.84. The summed E-state index contributed by atoms with van der Waals surface area (Å²) in [5.74, 6) is 2.64. The van der Waals surface area contributed by atoms with Crippen molar-refractivity contribution < 1.29 is 9.26 Å². The second-order valence-electron chi connectivity index (χ2n) is 6.97. The van der Waals surface area contributed by atoms with Crippen molar-refractivity contribution in [1.29, 1.82) is 0 Å². The minimum atomic E-state index is 0.189. The molecule has 3 aromatic rings. The Morgan fingerprint density at radius 3 is 2.54 bits per heavy atom. The van der Waals surface area contributed by atoms with E-state index in [0.717, 1.165) is 16.9 Å². The normalized spacial score (nSPS) is 15.2. The Bertz CT molecular complexity index is 854. The molecule has 1 unspecified atom stereocenters. The van der Waals surface area contributed by atoms with Crippen molar-refractivity contribution >= 4 is 0 Å². The highest BCUT2D eigenvalue weighted by Crippen LogP contribution is 2.43. The highest BCUT2D eigenvalue weighted by Gasteiger charge is 2.37. The molecular weight excluding hydrogens is 326 g/mol. The number of benzene rings is 2. The second kappa shape index (κ2) is 7.30. The highest BCUT2D eigenvalue weighted by molar-refractivity contribution is 5.63. The maximum atomic E-state index is 6.02. The molecule has 0 aliphatic heterocycles. The van der Waals surface area contributed by atoms with Crippen LogP contribution in [0.4, 0.5) is 0 Å². The molecule has 2 aromatic carbocycles. The van der Waals surface area contributed by atoms with Crippen molar-refractivity contribution in [2.24, 2.45) is 5.92 Å². The van der Waals surface area contributed by atoms with Gasteiger partial charge < -0.3 is 9.26 Å². The minimum absolute atomic E-state index is 0.189. The predicted octanol–water partition coefficient (Wildman–Crippen LogP) is 4.33. The van der Waals surface area contributed by atoms with Gasteiger partial charge in [0.15, 0.2) is 0 Å². The van der Waals surface area contributed by atoms with Crippen molar-refractivity contribution in [3.63, 3.8) is 0 Å². The quantitative estimate of drug-likeness (QED) is 0.635. The van der Waals surface area contributed by atoms with Gasteiger partial charge >= 0.3 is 0 Å². The van der Waals surface area contributed by atoms with Crippen LogP contribution in [0, 0.1) is 5.92 Å². The smallest absolute Gasteiger partial charge is 0.244 e. The van der Waals surface area contributed by atoms with Crippen LogP contribution in [-0.2, 0) is 6.61 Å². The molecule has 1 saturated carbocycles. The molecule has 4 rings (SSSR count). The van der Waals surface area contributed by atoms with E-state index in [1.807, 2.05) is 54.6 Å². The fourth-order valence-electron chi connectivity index (χ4n) is 3.23. The molecule has 1 atom stereocenters. The van der Waals surface area contributed by atoms with Crippen LogP contribution in [0.1, 0.15) is 30.3 Å². The number of para-hydroxylation sites is 1. The third-order valence-corrected chi connectivity index (χ3v) is 4.68. The standard InChI is InChI=1S/C21H23N3O2/c1-24(2)19(16-12-13-16)21-22-20(23-26-21)17-10-6-7-11-18(17)25-14-15-8-4-3-5-9-15/h3-11,16,19H,12-14H2,1-2H3. The Morgan fingerprint density at radius 2 is 1.81 bits per heavy atom. The minimum Gasteiger partial charge on any atom is -0.488 e. The van der Waals surface area contributed by atoms with E-state index in [1.165, 1.54) is 12.8 Å². The van der Waals surface area contributed by atoms with Crippen LogP contribution in [0.15, 0.2) is 59.1 Å². The Labute approximate surface area is 153 Å². The molecular formula is C21H23N3O2. The zero-order valence-electron chi connectivity index (χ0n) is 15.1. The van der Waals surface area contributed by atoms with Crippen LogP contribution in [0.25, 0.3) is 11.4 Å². The Morgan fingerprint density at radius 1 is 1.08 bits per heavy atom. The van der Waals surface area contributed by atoms with Crippen LogP contribution in [0.2, 0.25) is 0 Å². The number of aromatic nitrogens is 2. The maximum Gasteiger partial charge on any atom is 0.244 e. The van der Waals surface area contributed by atoms with Crippen molar-refractivity contribution in [1.82, 2.24) is 15.0 Å². The number of ether oxygens (including phenoxy) is 1. The first-order valence-corrected chi connectivity index (χ1v) is 8.98. The number of nitrogens with zero attached hydrogens (tertiary/aromatic N) is 3. The Hall–Kier alpha value is -2.66. The van der Waals surface area contributed by atoms with Crippen LogP contribution in [0.5, 0.6) is 5.75 Å². The summed E-state index contributed by atoms with van der Waals surface area (Å²) < 4.78 is 11.6. The molecule has 1 aliphatic carbocycles. The fraction of sp³-hybridized carbons (Fsp3) is 0.333. The van der Waals surface area contributed by atoms with Crippen molar-refractivity contribution in [2.75, 3.05) is 14.1 Å². The van der Waals surface area contributed by atoms with Gasteiger partial charge in [-0.2, -0.15) is 4.98 Å². The zero-order chi connectivity index (χ0) is 17.9. The molecule has 0 radical (unpaired) electrons. The molecule has 0 bridgehead atoms. The molecule has 134 valence electrons. The monoisotopic (exact) mass is 349 g/mol. The lowest BCUT2D eigenvalue weighted by molar-refractivity contribution is 0.207. The van der Waals surface area contributed by atoms with Gasteiger partial charge in [-0.3, -0.25) is 4.90 Å². The molecule has 5 heteroatoms. The molecule has 1 aromatic heterocycles. The average molecular weight is 349 g/mol. The number of hydrogen-bond donors (Lipinski definition) is 0. The van der Waals surface area contributed by atoms with Crippen LogP contribution in [0.3, 0.4) is 0 Å². The Balaban J connectivity index is 1.56. The van der Waals surface area contributed by atoms with Crippen LogP contribution >= 0.6 is 0 Å². The average Bonchev–Trinajstić information content (AvgIpc) is 3.37. The number of rotatable bonds is 7. The molecule has 5 nitrogen and oxygen atoms in total. The topological polar surface area (TPSA) is 51.4 Å². The summed E-state index contributed by atoms with van der Waals surface area (Å²) in [6, 6.07) is 18.1. The van der Waals surface area contributed by atoms with Crippen molar-refractivity contribution in [2.45, 2.75) is 25.5 Å². The van der Waals surface area contributed by atoms with E-state index in [1.54, 1.807) is 0 Å². The van der Waals surface area contributed by atoms with Gasteiger partial charge in [-0.25, -0.2) is 0 Å². The van der Waals surface area contributed by atoms with Gasteiger partial charge in [0.25, 0.3) is 0 Å². The fourth-order valence-corrected chi connectivity index (χ4v) is 3.23. The molecule has 0 spiro atoms. The van der Waals surface area contributed by atoms with E-state index in [9.17, 15) is 0 Å². The van der Waals surface area contributed by atoms with E-state index in [2.05, 4.69) is 29.1 Å². The third kappa shape index (κ3) is 3.63. The Kier molecular flexibility index (Phi) is 4.71. The summed E-state index contributed by atoms with van der Waals surface area (Å²) >= 11 is 0. The third-order valence-electron chi connectivity index (χ3n) is 4.68. The van der Waals surface area contributed by atoms with Crippen molar-refractivity contribution in [3.05, 3.63) is 66.1 Å². The molecule has 1 heterocycles. The molecule has 0 amide bonds. The molecule has 0 N–H and O–H groups in total. The summed E-state index contributed by atoms with van der Waals surface area (Å²) in [7, 11) is 4.12. The van der Waals surface area contributed by atoms with Gasteiger partial charge in [0, 0.05) is 0 Å². The predicted molar refractivity (Wildman–Crippen MR) is 99.7 cm³/mol. The molecule has 1 fully saturated rings. The summed E-state index contributed by atoms with van der Waals surface area (Å²) in [5.41, 5.74) is 1.98. The first-order chi connectivity index (χ1) is 12.7. The lowest BCUT2D eigenvalue weighted by Crippen LogP contribution is -2.22. The van der Waals surface area contributed by atoms with E-state index in [-0.39, 0.29) is 6.04 Å². The second-order valence-corrected chi connectivity index (χ2v) is 6.97. The first-order valence-electron chi connectivity index (χ1n) is 8.98. The number of hydrogen-bond acceptors (Lipinski definition) is 5. The van der Waals surface area contributed by atoms with Crippen molar-refractivity contribution in [3.8, 4) is 17.1 Å². The van der Waals surface area contributed by atoms with Gasteiger partial charge in [0.1, 0.15) is 12.4 Å². The largest absolute Gasteiger partial charge is 0.488 e. The van der Waals surface area contributed by atoms with Gasteiger partial charge in [0.05, 0.1) is 11.6 Å². The first kappa shape index (κ1) is 16.8. The molecule has 26 heavy (non-hydrogen) atoms.